The minimum atomic E-state index is -0.341. The summed E-state index contributed by atoms with van der Waals surface area (Å²) in [6.45, 7) is 0.402. The third kappa shape index (κ3) is 2.93. The molecule has 0 bridgehead atoms. The Hall–Kier alpha value is -2.81. The van der Waals surface area contributed by atoms with Gasteiger partial charge < -0.3 is 9.47 Å². The highest BCUT2D eigenvalue weighted by Crippen LogP contribution is 2.26. The van der Waals surface area contributed by atoms with E-state index in [0.717, 1.165) is 22.1 Å². The van der Waals surface area contributed by atoms with Gasteiger partial charge in [0.15, 0.2) is 0 Å². The van der Waals surface area contributed by atoms with Gasteiger partial charge in [-0.05, 0) is 29.1 Å². The van der Waals surface area contributed by atoms with Gasteiger partial charge in [-0.25, -0.2) is 4.79 Å². The second-order valence-electron chi connectivity index (χ2n) is 4.96. The zero-order valence-corrected chi connectivity index (χ0v) is 12.3. The van der Waals surface area contributed by atoms with Crippen LogP contribution in [0.15, 0.2) is 66.7 Å². The summed E-state index contributed by atoms with van der Waals surface area (Å²) >= 11 is 0. The largest absolute Gasteiger partial charge is 0.488 e. The van der Waals surface area contributed by atoms with Gasteiger partial charge in [-0.15, -0.1) is 0 Å². The van der Waals surface area contributed by atoms with Crippen LogP contribution in [-0.2, 0) is 11.3 Å². The van der Waals surface area contributed by atoms with Crippen molar-refractivity contribution in [2.24, 2.45) is 0 Å². The number of rotatable bonds is 4. The Labute approximate surface area is 129 Å². The normalized spacial score (nSPS) is 10.4. The quantitative estimate of drug-likeness (QED) is 0.676. The Balaban J connectivity index is 1.81. The predicted molar refractivity (Wildman–Crippen MR) is 86.1 cm³/mol. The summed E-state index contributed by atoms with van der Waals surface area (Å²) in [7, 11) is 1.38. The van der Waals surface area contributed by atoms with Crippen molar-refractivity contribution < 1.29 is 14.3 Å². The number of hydrogen-bond acceptors (Lipinski definition) is 3. The molecule has 0 saturated heterocycles. The Bertz CT molecular complexity index is 803. The van der Waals surface area contributed by atoms with E-state index in [4.69, 9.17) is 9.47 Å². The lowest BCUT2D eigenvalue weighted by molar-refractivity contribution is 0.0600. The number of esters is 1. The third-order valence-corrected chi connectivity index (χ3v) is 3.49. The van der Waals surface area contributed by atoms with E-state index in [1.54, 1.807) is 12.1 Å². The summed E-state index contributed by atoms with van der Waals surface area (Å²) in [5.74, 6) is 0.494. The minimum absolute atomic E-state index is 0.341. The van der Waals surface area contributed by atoms with Crippen LogP contribution < -0.4 is 4.74 Å². The van der Waals surface area contributed by atoms with Crippen LogP contribution in [0.25, 0.3) is 10.8 Å². The van der Waals surface area contributed by atoms with E-state index in [0.29, 0.717) is 12.2 Å². The van der Waals surface area contributed by atoms with Crippen molar-refractivity contribution in [3.05, 3.63) is 77.9 Å². The van der Waals surface area contributed by atoms with E-state index in [1.807, 2.05) is 42.5 Å². The molecule has 0 radical (unpaired) electrons. The molecule has 3 aromatic rings. The van der Waals surface area contributed by atoms with Crippen molar-refractivity contribution in [2.45, 2.75) is 6.61 Å². The monoisotopic (exact) mass is 292 g/mol. The first-order valence-corrected chi connectivity index (χ1v) is 7.06. The SMILES string of the molecule is COC(=O)c1cccc(COc2cccc3ccccc23)c1. The molecule has 0 N–H and O–H groups in total. The number of carbonyl (C=O) groups excluding carboxylic acids is 1. The molecular formula is C19H16O3. The molecule has 3 aromatic carbocycles. The van der Waals surface area contributed by atoms with E-state index >= 15 is 0 Å². The maximum Gasteiger partial charge on any atom is 0.337 e. The topological polar surface area (TPSA) is 35.5 Å². The van der Waals surface area contributed by atoms with Gasteiger partial charge in [-0.3, -0.25) is 0 Å². The van der Waals surface area contributed by atoms with E-state index in [2.05, 4.69) is 12.1 Å². The highest BCUT2D eigenvalue weighted by atomic mass is 16.5. The zero-order chi connectivity index (χ0) is 15.4. The standard InChI is InChI=1S/C19H16O3/c1-21-19(20)16-9-4-6-14(12-16)13-22-18-11-5-8-15-7-2-3-10-17(15)18/h2-12H,13H2,1H3. The molecule has 0 aliphatic heterocycles. The van der Waals surface area contributed by atoms with Crippen LogP contribution in [0.2, 0.25) is 0 Å². The lowest BCUT2D eigenvalue weighted by Gasteiger charge is -2.10. The smallest absolute Gasteiger partial charge is 0.337 e. The Kier molecular flexibility index (Phi) is 4.05. The Morgan fingerprint density at radius 3 is 2.59 bits per heavy atom. The van der Waals surface area contributed by atoms with Crippen molar-refractivity contribution in [2.75, 3.05) is 7.11 Å². The summed E-state index contributed by atoms with van der Waals surface area (Å²) in [6, 6.07) is 21.3. The molecule has 22 heavy (non-hydrogen) atoms. The predicted octanol–water partition coefficient (Wildman–Crippen LogP) is 4.21. The summed E-state index contributed by atoms with van der Waals surface area (Å²) < 4.78 is 10.7. The van der Waals surface area contributed by atoms with Crippen LogP contribution in [-0.4, -0.2) is 13.1 Å². The van der Waals surface area contributed by atoms with Gasteiger partial charge in [0, 0.05) is 5.39 Å². The first-order chi connectivity index (χ1) is 10.8. The van der Waals surface area contributed by atoms with Gasteiger partial charge in [0.25, 0.3) is 0 Å². The van der Waals surface area contributed by atoms with Crippen molar-refractivity contribution in [1.29, 1.82) is 0 Å². The second-order valence-corrected chi connectivity index (χ2v) is 4.96. The lowest BCUT2D eigenvalue weighted by Crippen LogP contribution is -2.03. The molecule has 0 aliphatic carbocycles. The van der Waals surface area contributed by atoms with Crippen LogP contribution in [0.3, 0.4) is 0 Å². The first kappa shape index (κ1) is 14.1. The second kappa shape index (κ2) is 6.31. The van der Waals surface area contributed by atoms with Gasteiger partial charge >= 0.3 is 5.97 Å². The van der Waals surface area contributed by atoms with Crippen LogP contribution >= 0.6 is 0 Å². The van der Waals surface area contributed by atoms with Crippen LogP contribution in [0.1, 0.15) is 15.9 Å². The fourth-order valence-electron chi connectivity index (χ4n) is 2.39. The fourth-order valence-corrected chi connectivity index (χ4v) is 2.39. The maximum absolute atomic E-state index is 11.6. The number of hydrogen-bond donors (Lipinski definition) is 0. The fraction of sp³-hybridized carbons (Fsp3) is 0.105. The molecule has 0 saturated carbocycles. The number of carbonyl (C=O) groups is 1. The molecule has 3 rings (SSSR count). The van der Waals surface area contributed by atoms with Crippen LogP contribution in [0.4, 0.5) is 0 Å². The van der Waals surface area contributed by atoms with Gasteiger partial charge in [0.2, 0.25) is 0 Å². The molecule has 3 heteroatoms. The van der Waals surface area contributed by atoms with Gasteiger partial charge in [0.1, 0.15) is 12.4 Å². The lowest BCUT2D eigenvalue weighted by atomic mass is 10.1. The first-order valence-electron chi connectivity index (χ1n) is 7.06. The molecule has 0 spiro atoms. The van der Waals surface area contributed by atoms with Crippen LogP contribution in [0.5, 0.6) is 5.75 Å². The summed E-state index contributed by atoms with van der Waals surface area (Å²) in [5.41, 5.74) is 1.46. The van der Waals surface area contributed by atoms with Crippen molar-refractivity contribution in [1.82, 2.24) is 0 Å². The van der Waals surface area contributed by atoms with Crippen LogP contribution in [0, 0.1) is 0 Å². The summed E-state index contributed by atoms with van der Waals surface area (Å²) in [6.07, 6.45) is 0. The van der Waals surface area contributed by atoms with E-state index < -0.39 is 0 Å². The molecule has 3 nitrogen and oxygen atoms in total. The number of methoxy groups -OCH3 is 1. The zero-order valence-electron chi connectivity index (χ0n) is 12.3. The molecule has 0 fully saturated rings. The van der Waals surface area contributed by atoms with Gasteiger partial charge in [-0.1, -0.05) is 48.5 Å². The van der Waals surface area contributed by atoms with Gasteiger partial charge in [-0.2, -0.15) is 0 Å². The molecule has 0 amide bonds. The minimum Gasteiger partial charge on any atom is -0.488 e. The van der Waals surface area contributed by atoms with Crippen molar-refractivity contribution in [3.63, 3.8) is 0 Å². The van der Waals surface area contributed by atoms with E-state index in [-0.39, 0.29) is 5.97 Å². The third-order valence-electron chi connectivity index (χ3n) is 3.49. The molecule has 110 valence electrons. The molecule has 0 unspecified atom stereocenters. The average molecular weight is 292 g/mol. The summed E-state index contributed by atoms with van der Waals surface area (Å²) in [5, 5.41) is 2.22. The van der Waals surface area contributed by atoms with E-state index in [1.165, 1.54) is 7.11 Å². The Morgan fingerprint density at radius 2 is 1.73 bits per heavy atom. The number of ether oxygens (including phenoxy) is 2. The molecule has 0 aromatic heterocycles. The van der Waals surface area contributed by atoms with E-state index in [9.17, 15) is 4.79 Å². The van der Waals surface area contributed by atoms with Crippen molar-refractivity contribution >= 4 is 16.7 Å². The van der Waals surface area contributed by atoms with Crippen molar-refractivity contribution in [3.8, 4) is 5.75 Å². The highest BCUT2D eigenvalue weighted by molar-refractivity contribution is 5.89. The number of fused-ring (bicyclic) bond motifs is 1. The maximum atomic E-state index is 11.6. The van der Waals surface area contributed by atoms with Gasteiger partial charge in [0.05, 0.1) is 12.7 Å². The molecule has 0 atom stereocenters. The summed E-state index contributed by atoms with van der Waals surface area (Å²) in [4.78, 5) is 11.6. The molecular weight excluding hydrogens is 276 g/mol. The number of benzene rings is 3. The molecule has 0 aliphatic rings. The Morgan fingerprint density at radius 1 is 0.955 bits per heavy atom. The average Bonchev–Trinajstić information content (AvgIpc) is 2.59. The molecule has 0 heterocycles. The highest BCUT2D eigenvalue weighted by Gasteiger charge is 2.06.